The van der Waals surface area contributed by atoms with E-state index in [2.05, 4.69) is 33.0 Å². The highest BCUT2D eigenvalue weighted by Gasteiger charge is 2.47. The van der Waals surface area contributed by atoms with Gasteiger partial charge >= 0.3 is 0 Å². The van der Waals surface area contributed by atoms with Crippen molar-refractivity contribution in [3.05, 3.63) is 62.9 Å². The first-order valence-electron chi connectivity index (χ1n) is 9.32. The average Bonchev–Trinajstić information content (AvgIpc) is 3.37. The van der Waals surface area contributed by atoms with Crippen LogP contribution in [-0.4, -0.2) is 22.3 Å². The number of nitrogens with zero attached hydrogens (tertiary/aromatic N) is 1. The maximum absolute atomic E-state index is 10.3. The summed E-state index contributed by atoms with van der Waals surface area (Å²) in [6, 6.07) is 8.07. The maximum Gasteiger partial charge on any atom is 0.198 e. The summed E-state index contributed by atoms with van der Waals surface area (Å²) in [4.78, 5) is 5.58. The van der Waals surface area contributed by atoms with Crippen LogP contribution in [0.25, 0.3) is 10.6 Å². The van der Waals surface area contributed by atoms with Gasteiger partial charge in [0.15, 0.2) is 5.79 Å². The van der Waals surface area contributed by atoms with Crippen molar-refractivity contribution in [1.82, 2.24) is 4.98 Å². The maximum atomic E-state index is 10.3. The molecule has 0 saturated carbocycles. The Morgan fingerprint density at radius 1 is 1.39 bits per heavy atom. The molecule has 3 atom stereocenters. The number of halogens is 1. The van der Waals surface area contributed by atoms with E-state index in [1.54, 1.807) is 17.6 Å². The Balaban J connectivity index is 1.46. The molecule has 1 N–H and O–H groups in total. The minimum absolute atomic E-state index is 0.0448. The van der Waals surface area contributed by atoms with E-state index in [0.29, 0.717) is 25.9 Å². The minimum Gasteiger partial charge on any atom is -0.463 e. The molecule has 5 nitrogen and oxygen atoms in total. The fourth-order valence-electron chi connectivity index (χ4n) is 4.09. The van der Waals surface area contributed by atoms with Crippen LogP contribution in [0.3, 0.4) is 0 Å². The van der Waals surface area contributed by atoms with Crippen LogP contribution in [0.5, 0.6) is 0 Å². The van der Waals surface area contributed by atoms with Gasteiger partial charge in [-0.3, -0.25) is 0 Å². The van der Waals surface area contributed by atoms with Crippen LogP contribution in [0.1, 0.15) is 41.5 Å². The van der Waals surface area contributed by atoms with E-state index in [0.717, 1.165) is 36.8 Å². The van der Waals surface area contributed by atoms with Gasteiger partial charge in [-0.1, -0.05) is 15.9 Å². The van der Waals surface area contributed by atoms with Gasteiger partial charge in [-0.05, 0) is 48.7 Å². The average molecular weight is 462 g/mol. The Kier molecular flexibility index (Phi) is 4.68. The summed E-state index contributed by atoms with van der Waals surface area (Å²) in [5, 5.41) is 11.3. The van der Waals surface area contributed by atoms with Gasteiger partial charge in [-0.25, -0.2) is 4.98 Å². The predicted octanol–water partition coefficient (Wildman–Crippen LogP) is 5.00. The molecule has 3 aromatic rings. The molecule has 7 heteroatoms. The molecule has 4 heterocycles. The number of rotatable bonds is 3. The van der Waals surface area contributed by atoms with E-state index in [9.17, 15) is 5.11 Å². The smallest absolute Gasteiger partial charge is 0.198 e. The van der Waals surface area contributed by atoms with Gasteiger partial charge < -0.3 is 19.0 Å². The molecule has 1 saturated heterocycles. The molecule has 1 spiro atoms. The van der Waals surface area contributed by atoms with Crippen molar-refractivity contribution in [3.8, 4) is 10.6 Å². The standard InChI is InChI=1S/C21H20BrNO4S/c1-12-5-15(24)9-21(27-12)16-6-13(17(22)7-14(16)11-26-21)8-20-23-10-19(28-20)18-3-2-4-25-18/h2-4,6-7,10,12,15,24H,5,8-9,11H2,1H3/t12?,15?,21-/m1/s1. The number of aliphatic hydroxyl groups is 1. The number of aliphatic hydroxyl groups excluding tert-OH is 1. The molecule has 1 aromatic carbocycles. The zero-order valence-electron chi connectivity index (χ0n) is 15.4. The fraction of sp³-hybridized carbons (Fsp3) is 0.381. The van der Waals surface area contributed by atoms with Gasteiger partial charge in [0, 0.05) is 29.1 Å². The van der Waals surface area contributed by atoms with Crippen LogP contribution >= 0.6 is 27.3 Å². The van der Waals surface area contributed by atoms with Crippen LogP contribution in [-0.2, 0) is 28.3 Å². The first kappa shape index (κ1) is 18.5. The lowest BCUT2D eigenvalue weighted by atomic mass is 9.90. The first-order chi connectivity index (χ1) is 13.5. The van der Waals surface area contributed by atoms with Crippen LogP contribution < -0.4 is 0 Å². The van der Waals surface area contributed by atoms with Crippen LogP contribution in [0.2, 0.25) is 0 Å². The Labute approximate surface area is 175 Å². The molecule has 0 amide bonds. The molecule has 2 aliphatic rings. The highest BCUT2D eigenvalue weighted by atomic mass is 79.9. The van der Waals surface area contributed by atoms with Crippen LogP contribution in [0.4, 0.5) is 0 Å². The minimum atomic E-state index is -0.843. The van der Waals surface area contributed by atoms with Gasteiger partial charge in [0.1, 0.15) is 5.76 Å². The third-order valence-electron chi connectivity index (χ3n) is 5.30. The van der Waals surface area contributed by atoms with Gasteiger partial charge in [0.2, 0.25) is 0 Å². The first-order valence-corrected chi connectivity index (χ1v) is 10.9. The summed E-state index contributed by atoms with van der Waals surface area (Å²) in [6.45, 7) is 2.48. The highest BCUT2D eigenvalue weighted by molar-refractivity contribution is 9.10. The molecule has 0 aliphatic carbocycles. The van der Waals surface area contributed by atoms with Crippen molar-refractivity contribution in [1.29, 1.82) is 0 Å². The monoisotopic (exact) mass is 461 g/mol. The summed E-state index contributed by atoms with van der Waals surface area (Å²) in [5.41, 5.74) is 3.26. The second-order valence-corrected chi connectivity index (χ2v) is 9.41. The topological polar surface area (TPSA) is 64.7 Å². The fourth-order valence-corrected chi connectivity index (χ4v) is 5.53. The zero-order chi connectivity index (χ0) is 19.3. The van der Waals surface area contributed by atoms with Crippen molar-refractivity contribution in [3.63, 3.8) is 0 Å². The number of benzene rings is 1. The Bertz CT molecular complexity index is 990. The number of thiazole rings is 1. The van der Waals surface area contributed by atoms with E-state index in [-0.39, 0.29) is 6.10 Å². The zero-order valence-corrected chi connectivity index (χ0v) is 17.8. The summed E-state index contributed by atoms with van der Waals surface area (Å²) in [5.74, 6) is -0.00734. The molecule has 2 aliphatic heterocycles. The molecule has 28 heavy (non-hydrogen) atoms. The predicted molar refractivity (Wildman–Crippen MR) is 109 cm³/mol. The second-order valence-electron chi connectivity index (χ2n) is 7.44. The molecule has 2 unspecified atom stereocenters. The van der Waals surface area contributed by atoms with E-state index in [1.165, 1.54) is 0 Å². The summed E-state index contributed by atoms with van der Waals surface area (Å²) >= 11 is 5.33. The number of furan rings is 1. The molecule has 146 valence electrons. The number of hydrogen-bond donors (Lipinski definition) is 1. The van der Waals surface area contributed by atoms with Crippen molar-refractivity contribution < 1.29 is 19.0 Å². The molecular formula is C21H20BrNO4S. The van der Waals surface area contributed by atoms with Crippen LogP contribution in [0.15, 0.2) is 45.6 Å². The highest BCUT2D eigenvalue weighted by Crippen LogP contribution is 2.47. The molecule has 5 rings (SSSR count). The number of aromatic nitrogens is 1. The van der Waals surface area contributed by atoms with E-state index >= 15 is 0 Å². The molecule has 0 radical (unpaired) electrons. The van der Waals surface area contributed by atoms with E-state index in [4.69, 9.17) is 13.9 Å². The lowest BCUT2D eigenvalue weighted by Gasteiger charge is -2.39. The lowest BCUT2D eigenvalue weighted by molar-refractivity contribution is -0.295. The summed E-state index contributed by atoms with van der Waals surface area (Å²) in [7, 11) is 0. The summed E-state index contributed by atoms with van der Waals surface area (Å²) in [6.07, 6.45) is 4.86. The third-order valence-corrected chi connectivity index (χ3v) is 7.05. The largest absolute Gasteiger partial charge is 0.463 e. The van der Waals surface area contributed by atoms with Gasteiger partial charge in [-0.2, -0.15) is 0 Å². The van der Waals surface area contributed by atoms with Gasteiger partial charge in [0.05, 0.1) is 35.0 Å². The SMILES string of the molecule is CC1CC(O)C[C@@]2(OCc3cc(Br)c(Cc4ncc(-c5ccco5)s4)cc32)O1. The molecule has 0 bridgehead atoms. The normalized spacial score (nSPS) is 26.7. The Morgan fingerprint density at radius 3 is 3.07 bits per heavy atom. The second kappa shape index (κ2) is 7.07. The quantitative estimate of drug-likeness (QED) is 0.594. The summed E-state index contributed by atoms with van der Waals surface area (Å²) < 4.78 is 18.8. The molecular weight excluding hydrogens is 442 g/mol. The van der Waals surface area contributed by atoms with E-state index < -0.39 is 11.9 Å². The Morgan fingerprint density at radius 2 is 2.29 bits per heavy atom. The third kappa shape index (κ3) is 3.25. The number of fused-ring (bicyclic) bond motifs is 2. The van der Waals surface area contributed by atoms with Crippen molar-refractivity contribution >= 4 is 27.3 Å². The Hall–Kier alpha value is -1.51. The van der Waals surface area contributed by atoms with Crippen molar-refractivity contribution in [2.24, 2.45) is 0 Å². The van der Waals surface area contributed by atoms with Crippen LogP contribution in [0, 0.1) is 0 Å². The lowest BCUT2D eigenvalue weighted by Crippen LogP contribution is -2.43. The van der Waals surface area contributed by atoms with E-state index in [1.807, 2.05) is 25.3 Å². The molecule has 2 aromatic heterocycles. The van der Waals surface area contributed by atoms with Crippen molar-refractivity contribution in [2.45, 2.75) is 50.8 Å². The van der Waals surface area contributed by atoms with Gasteiger partial charge in [0.25, 0.3) is 0 Å². The van der Waals surface area contributed by atoms with Gasteiger partial charge in [-0.15, -0.1) is 11.3 Å². The van der Waals surface area contributed by atoms with Crippen molar-refractivity contribution in [2.75, 3.05) is 0 Å². The number of ether oxygens (including phenoxy) is 2. The number of hydrogen-bond acceptors (Lipinski definition) is 6. The molecule has 1 fully saturated rings.